The number of aromatic nitrogens is 1. The molecule has 9 heteroatoms. The molecule has 2 aliphatic rings. The maximum atomic E-state index is 11.9. The minimum atomic E-state index is -0.681. The van der Waals surface area contributed by atoms with E-state index >= 15 is 0 Å². The SMILES string of the molecule is Cc1cc(-c2cnc([N+](=O)[O-])c(OCc3cccc(C#CC(C)(C)OC4CCCCO4)c3)c2Cl)cc2c1CCN(C)C2. The van der Waals surface area contributed by atoms with Crippen LogP contribution in [0.1, 0.15) is 60.9 Å². The van der Waals surface area contributed by atoms with Crippen molar-refractivity contribution in [3.8, 4) is 28.7 Å². The molecule has 0 amide bonds. The summed E-state index contributed by atoms with van der Waals surface area (Å²) in [5.74, 6) is 5.91. The first kappa shape index (κ1) is 30.0. The third kappa shape index (κ3) is 7.11. The molecule has 2 aliphatic heterocycles. The standard InChI is InChI=1S/C33H36ClN3O5/c1-22-16-25(18-26-20-36(4)14-12-27(22)26)28-19-35-32(37(38)39)31(30(28)34)41-21-24-9-7-8-23(17-24)11-13-33(2,3)42-29-10-5-6-15-40-29/h7-9,16-19,29H,5-6,10,12,14-15,20-21H2,1-4H3. The number of likely N-dealkylation sites (N-methyl/N-ethyl adjacent to an activating group) is 1. The van der Waals surface area contributed by atoms with E-state index in [0.717, 1.165) is 55.5 Å². The zero-order valence-electron chi connectivity index (χ0n) is 24.5. The largest absolute Gasteiger partial charge is 0.480 e. The number of benzene rings is 2. The van der Waals surface area contributed by atoms with Gasteiger partial charge in [0.1, 0.15) is 23.4 Å². The van der Waals surface area contributed by atoms with E-state index in [-0.39, 0.29) is 23.7 Å². The second-order valence-corrected chi connectivity index (χ2v) is 11.9. The van der Waals surface area contributed by atoms with Gasteiger partial charge in [-0.3, -0.25) is 0 Å². The Hall–Kier alpha value is -3.48. The van der Waals surface area contributed by atoms with Crippen LogP contribution in [0.5, 0.6) is 5.75 Å². The molecule has 2 aromatic carbocycles. The number of ether oxygens (including phenoxy) is 3. The summed E-state index contributed by atoms with van der Waals surface area (Å²) in [7, 11) is 2.10. The van der Waals surface area contributed by atoms with E-state index in [4.69, 9.17) is 25.8 Å². The highest BCUT2D eigenvalue weighted by atomic mass is 35.5. The molecule has 0 bridgehead atoms. The van der Waals surface area contributed by atoms with Gasteiger partial charge in [-0.25, -0.2) is 0 Å². The smallest absolute Gasteiger partial charge is 0.407 e. The van der Waals surface area contributed by atoms with Crippen LogP contribution in [-0.4, -0.2) is 46.9 Å². The normalized spacial score (nSPS) is 17.2. The van der Waals surface area contributed by atoms with Crippen LogP contribution in [0.2, 0.25) is 5.02 Å². The molecular weight excluding hydrogens is 554 g/mol. The Bertz CT molecular complexity index is 1540. The van der Waals surface area contributed by atoms with E-state index in [0.29, 0.717) is 12.2 Å². The molecule has 220 valence electrons. The number of fused-ring (bicyclic) bond motifs is 1. The molecule has 3 aromatic rings. The highest BCUT2D eigenvalue weighted by molar-refractivity contribution is 6.35. The fourth-order valence-corrected chi connectivity index (χ4v) is 5.71. The van der Waals surface area contributed by atoms with Crippen LogP contribution in [0.3, 0.4) is 0 Å². The number of hydrogen-bond donors (Lipinski definition) is 0. The van der Waals surface area contributed by atoms with Gasteiger partial charge in [0.25, 0.3) is 0 Å². The predicted molar refractivity (Wildman–Crippen MR) is 163 cm³/mol. The molecule has 1 fully saturated rings. The monoisotopic (exact) mass is 589 g/mol. The summed E-state index contributed by atoms with van der Waals surface area (Å²) in [5.41, 5.74) is 6.09. The Morgan fingerprint density at radius 1 is 1.26 bits per heavy atom. The zero-order valence-corrected chi connectivity index (χ0v) is 25.3. The highest BCUT2D eigenvalue weighted by Gasteiger charge is 2.27. The summed E-state index contributed by atoms with van der Waals surface area (Å²) in [6, 6.07) is 11.7. The van der Waals surface area contributed by atoms with Crippen LogP contribution in [0, 0.1) is 28.9 Å². The molecule has 1 unspecified atom stereocenters. The summed E-state index contributed by atoms with van der Waals surface area (Å²) >= 11 is 6.81. The predicted octanol–water partition coefficient (Wildman–Crippen LogP) is 6.86. The van der Waals surface area contributed by atoms with Crippen molar-refractivity contribution in [3.05, 3.63) is 85.5 Å². The van der Waals surface area contributed by atoms with Gasteiger partial charge < -0.3 is 29.2 Å². The maximum Gasteiger partial charge on any atom is 0.407 e. The molecule has 0 saturated carbocycles. The number of aryl methyl sites for hydroxylation is 1. The third-order valence-corrected chi connectivity index (χ3v) is 7.95. The molecule has 0 N–H and O–H groups in total. The Labute approximate surface area is 252 Å². The van der Waals surface area contributed by atoms with Gasteiger partial charge in [-0.1, -0.05) is 41.6 Å². The van der Waals surface area contributed by atoms with Gasteiger partial charge in [0.15, 0.2) is 6.29 Å². The van der Waals surface area contributed by atoms with E-state index in [9.17, 15) is 10.1 Å². The van der Waals surface area contributed by atoms with Gasteiger partial charge in [-0.15, -0.1) is 0 Å². The molecule has 0 radical (unpaired) electrons. The Morgan fingerprint density at radius 3 is 2.86 bits per heavy atom. The molecule has 42 heavy (non-hydrogen) atoms. The molecule has 1 atom stereocenters. The maximum absolute atomic E-state index is 11.9. The second-order valence-electron chi connectivity index (χ2n) is 11.5. The second kappa shape index (κ2) is 12.8. The van der Waals surface area contributed by atoms with Crippen LogP contribution in [-0.2, 0) is 29.0 Å². The van der Waals surface area contributed by atoms with Gasteiger partial charge in [-0.2, -0.15) is 0 Å². The van der Waals surface area contributed by atoms with Gasteiger partial charge in [0.2, 0.25) is 5.75 Å². The van der Waals surface area contributed by atoms with Gasteiger partial charge in [0, 0.05) is 30.8 Å². The van der Waals surface area contributed by atoms with Crippen LogP contribution in [0.4, 0.5) is 5.82 Å². The summed E-state index contributed by atoms with van der Waals surface area (Å²) in [6.07, 6.45) is 5.22. The Kier molecular flexibility index (Phi) is 9.14. The van der Waals surface area contributed by atoms with Crippen molar-refractivity contribution in [2.75, 3.05) is 20.2 Å². The van der Waals surface area contributed by atoms with Crippen LogP contribution in [0.25, 0.3) is 11.1 Å². The van der Waals surface area contributed by atoms with Gasteiger partial charge in [0.05, 0.1) is 0 Å². The summed E-state index contributed by atoms with van der Waals surface area (Å²) in [4.78, 5) is 17.7. The van der Waals surface area contributed by atoms with Crippen molar-refractivity contribution in [3.63, 3.8) is 0 Å². The highest BCUT2D eigenvalue weighted by Crippen LogP contribution is 2.41. The first-order chi connectivity index (χ1) is 20.1. The van der Waals surface area contributed by atoms with Crippen LogP contribution < -0.4 is 4.74 Å². The van der Waals surface area contributed by atoms with Crippen molar-refractivity contribution in [1.82, 2.24) is 9.88 Å². The average Bonchev–Trinajstić information content (AvgIpc) is 2.95. The number of nitrogens with zero attached hydrogens (tertiary/aromatic N) is 3. The van der Waals surface area contributed by atoms with E-state index in [1.54, 1.807) is 0 Å². The fourth-order valence-electron chi connectivity index (χ4n) is 5.42. The lowest BCUT2D eigenvalue weighted by atomic mass is 9.91. The number of halogens is 1. The quantitative estimate of drug-likeness (QED) is 0.169. The first-order valence-corrected chi connectivity index (χ1v) is 14.7. The van der Waals surface area contributed by atoms with Crippen molar-refractivity contribution in [1.29, 1.82) is 0 Å². The van der Waals surface area contributed by atoms with Crippen molar-refractivity contribution >= 4 is 17.4 Å². The van der Waals surface area contributed by atoms with Crippen LogP contribution >= 0.6 is 11.6 Å². The molecule has 0 aliphatic carbocycles. The lowest BCUT2D eigenvalue weighted by Crippen LogP contribution is -2.33. The van der Waals surface area contributed by atoms with E-state index in [1.165, 1.54) is 22.9 Å². The molecule has 0 spiro atoms. The summed E-state index contributed by atoms with van der Waals surface area (Å²) in [6.45, 7) is 8.56. The van der Waals surface area contributed by atoms with Crippen molar-refractivity contribution in [2.24, 2.45) is 0 Å². The minimum Gasteiger partial charge on any atom is -0.480 e. The molecule has 5 rings (SSSR count). The first-order valence-electron chi connectivity index (χ1n) is 14.3. The number of nitro groups is 1. The minimum absolute atomic E-state index is 0.0508. The average molecular weight is 590 g/mol. The van der Waals surface area contributed by atoms with E-state index in [1.807, 2.05) is 38.1 Å². The molecule has 3 heterocycles. The summed E-state index contributed by atoms with van der Waals surface area (Å²) in [5, 5.41) is 12.0. The van der Waals surface area contributed by atoms with E-state index < -0.39 is 16.3 Å². The van der Waals surface area contributed by atoms with Gasteiger partial charge in [-0.05, 0) is 109 Å². The lowest BCUT2D eigenvalue weighted by Gasteiger charge is -2.29. The van der Waals surface area contributed by atoms with Gasteiger partial charge >= 0.3 is 5.82 Å². The Balaban J connectivity index is 1.36. The topological polar surface area (TPSA) is 87.0 Å². The fraction of sp³-hybridized carbons (Fsp3) is 0.424. The van der Waals surface area contributed by atoms with Crippen molar-refractivity contribution in [2.45, 2.75) is 71.5 Å². The van der Waals surface area contributed by atoms with Crippen molar-refractivity contribution < 1.29 is 19.1 Å². The number of rotatable bonds is 7. The molecular formula is C33H36ClN3O5. The van der Waals surface area contributed by atoms with Crippen LogP contribution in [0.15, 0.2) is 42.6 Å². The third-order valence-electron chi connectivity index (χ3n) is 7.57. The molecule has 8 nitrogen and oxygen atoms in total. The Morgan fingerprint density at radius 2 is 2.10 bits per heavy atom. The number of hydrogen-bond acceptors (Lipinski definition) is 7. The zero-order chi connectivity index (χ0) is 29.9. The van der Waals surface area contributed by atoms with E-state index in [2.05, 4.69) is 47.8 Å². The lowest BCUT2D eigenvalue weighted by molar-refractivity contribution is -0.390. The molecule has 1 saturated heterocycles. The molecule has 1 aromatic heterocycles. The number of pyridine rings is 1. The summed E-state index contributed by atoms with van der Waals surface area (Å²) < 4.78 is 17.8.